The van der Waals surface area contributed by atoms with Crippen LogP contribution in [0, 0.1) is 6.92 Å². The van der Waals surface area contributed by atoms with Gasteiger partial charge in [-0.1, -0.05) is 17.7 Å². The molecule has 1 saturated heterocycles. The number of hydrogen-bond donors (Lipinski definition) is 1. The van der Waals surface area contributed by atoms with Crippen molar-refractivity contribution in [3.8, 4) is 5.75 Å². The molecule has 1 N–H and O–H groups in total. The van der Waals surface area contributed by atoms with Crippen LogP contribution >= 0.6 is 0 Å². The largest absolute Gasteiger partial charge is 0.496 e. The van der Waals surface area contributed by atoms with Crippen LogP contribution in [0.3, 0.4) is 0 Å². The smallest absolute Gasteiger partial charge is 0.123 e. The van der Waals surface area contributed by atoms with Crippen molar-refractivity contribution >= 4 is 0 Å². The van der Waals surface area contributed by atoms with Crippen LogP contribution in [0.4, 0.5) is 0 Å². The molecule has 1 aliphatic rings. The summed E-state index contributed by atoms with van der Waals surface area (Å²) in [7, 11) is 1.75. The Hall–Kier alpha value is -1.06. The molecule has 3 heteroatoms. The Kier molecular flexibility index (Phi) is 4.48. The first kappa shape index (κ1) is 14.4. The maximum absolute atomic E-state index is 5.48. The second kappa shape index (κ2) is 5.93. The number of nitrogens with zero attached hydrogens (tertiary/aromatic N) is 1. The van der Waals surface area contributed by atoms with E-state index in [0.717, 1.165) is 31.9 Å². The molecule has 19 heavy (non-hydrogen) atoms. The summed E-state index contributed by atoms with van der Waals surface area (Å²) in [5.74, 6) is 1.00. The van der Waals surface area contributed by atoms with E-state index in [1.54, 1.807) is 7.11 Å². The third-order valence-corrected chi connectivity index (χ3v) is 3.70. The second-order valence-electron chi connectivity index (χ2n) is 6.19. The Labute approximate surface area is 116 Å². The first-order valence-electron chi connectivity index (χ1n) is 7.11. The standard InChI is InChI=1S/C16H26N2O/c1-13-6-7-15(19-4)14(10-13)11-18-9-5-8-17-16(2,3)12-18/h6-7,10,17H,5,8-9,11-12H2,1-4H3. The monoisotopic (exact) mass is 262 g/mol. The molecule has 0 radical (unpaired) electrons. The van der Waals surface area contributed by atoms with Crippen LogP contribution in [0.2, 0.25) is 0 Å². The van der Waals surface area contributed by atoms with E-state index in [9.17, 15) is 0 Å². The quantitative estimate of drug-likeness (QED) is 0.906. The molecule has 0 aromatic heterocycles. The Morgan fingerprint density at radius 2 is 2.16 bits per heavy atom. The SMILES string of the molecule is COc1ccc(C)cc1CN1CCCNC(C)(C)C1. The number of hydrogen-bond acceptors (Lipinski definition) is 3. The molecular formula is C16H26N2O. The highest BCUT2D eigenvalue weighted by Gasteiger charge is 2.24. The van der Waals surface area contributed by atoms with Gasteiger partial charge in [0.25, 0.3) is 0 Å². The van der Waals surface area contributed by atoms with Gasteiger partial charge < -0.3 is 10.1 Å². The second-order valence-corrected chi connectivity index (χ2v) is 6.19. The van der Waals surface area contributed by atoms with Crippen molar-refractivity contribution in [3.63, 3.8) is 0 Å². The summed E-state index contributed by atoms with van der Waals surface area (Å²) in [6.45, 7) is 11.0. The van der Waals surface area contributed by atoms with E-state index < -0.39 is 0 Å². The summed E-state index contributed by atoms with van der Waals surface area (Å²) in [6.07, 6.45) is 1.21. The molecule has 0 bridgehead atoms. The van der Waals surface area contributed by atoms with E-state index in [1.807, 2.05) is 0 Å². The van der Waals surface area contributed by atoms with Crippen LogP contribution in [0.25, 0.3) is 0 Å². The van der Waals surface area contributed by atoms with Crippen molar-refractivity contribution in [2.24, 2.45) is 0 Å². The molecule has 0 spiro atoms. The van der Waals surface area contributed by atoms with Crippen molar-refractivity contribution in [1.29, 1.82) is 0 Å². The van der Waals surface area contributed by atoms with Crippen LogP contribution in [-0.2, 0) is 6.54 Å². The van der Waals surface area contributed by atoms with Crippen molar-refractivity contribution in [3.05, 3.63) is 29.3 Å². The van der Waals surface area contributed by atoms with Gasteiger partial charge in [0.15, 0.2) is 0 Å². The average molecular weight is 262 g/mol. The number of aryl methyl sites for hydroxylation is 1. The van der Waals surface area contributed by atoms with E-state index in [4.69, 9.17) is 4.74 Å². The van der Waals surface area contributed by atoms with E-state index in [0.29, 0.717) is 0 Å². The summed E-state index contributed by atoms with van der Waals surface area (Å²) in [5, 5.41) is 3.60. The minimum atomic E-state index is 0.188. The van der Waals surface area contributed by atoms with Crippen molar-refractivity contribution in [1.82, 2.24) is 10.2 Å². The lowest BCUT2D eigenvalue weighted by Gasteiger charge is -2.30. The third kappa shape index (κ3) is 3.95. The van der Waals surface area contributed by atoms with Gasteiger partial charge in [-0.25, -0.2) is 0 Å². The fourth-order valence-corrected chi connectivity index (χ4v) is 2.83. The van der Waals surface area contributed by atoms with E-state index in [1.165, 1.54) is 17.5 Å². The highest BCUT2D eigenvalue weighted by Crippen LogP contribution is 2.23. The summed E-state index contributed by atoms with van der Waals surface area (Å²) in [5.41, 5.74) is 2.77. The number of methoxy groups -OCH3 is 1. The molecule has 2 rings (SSSR count). The molecule has 1 aromatic carbocycles. The molecule has 0 atom stereocenters. The predicted molar refractivity (Wildman–Crippen MR) is 79.7 cm³/mol. The van der Waals surface area contributed by atoms with Gasteiger partial charge >= 0.3 is 0 Å². The summed E-state index contributed by atoms with van der Waals surface area (Å²) < 4.78 is 5.48. The van der Waals surface area contributed by atoms with Crippen LogP contribution in [0.1, 0.15) is 31.4 Å². The van der Waals surface area contributed by atoms with Gasteiger partial charge in [0.05, 0.1) is 7.11 Å². The normalized spacial score (nSPS) is 20.0. The maximum atomic E-state index is 5.48. The topological polar surface area (TPSA) is 24.5 Å². The molecule has 3 nitrogen and oxygen atoms in total. The van der Waals surface area contributed by atoms with Crippen LogP contribution in [0.15, 0.2) is 18.2 Å². The first-order chi connectivity index (χ1) is 9.00. The lowest BCUT2D eigenvalue weighted by atomic mass is 10.0. The Bertz CT molecular complexity index is 429. The zero-order valence-electron chi connectivity index (χ0n) is 12.6. The molecule has 0 aliphatic carbocycles. The minimum Gasteiger partial charge on any atom is -0.496 e. The third-order valence-electron chi connectivity index (χ3n) is 3.70. The molecule has 1 fully saturated rings. The Morgan fingerprint density at radius 3 is 2.89 bits per heavy atom. The molecule has 1 aromatic rings. The molecule has 0 saturated carbocycles. The van der Waals surface area contributed by atoms with Gasteiger partial charge in [0.2, 0.25) is 0 Å². The Balaban J connectivity index is 2.13. The zero-order valence-corrected chi connectivity index (χ0v) is 12.6. The van der Waals surface area contributed by atoms with Crippen LogP contribution in [-0.4, -0.2) is 37.2 Å². The molecule has 106 valence electrons. The lowest BCUT2D eigenvalue weighted by Crippen LogP contribution is -2.46. The van der Waals surface area contributed by atoms with Gasteiger partial charge in [0.1, 0.15) is 5.75 Å². The molecule has 0 unspecified atom stereocenters. The van der Waals surface area contributed by atoms with E-state index >= 15 is 0 Å². The first-order valence-corrected chi connectivity index (χ1v) is 7.11. The van der Waals surface area contributed by atoms with Gasteiger partial charge in [-0.3, -0.25) is 4.90 Å². The van der Waals surface area contributed by atoms with Crippen molar-refractivity contribution in [2.45, 2.75) is 39.3 Å². The van der Waals surface area contributed by atoms with Crippen LogP contribution < -0.4 is 10.1 Å². The van der Waals surface area contributed by atoms with E-state index in [2.05, 4.69) is 49.2 Å². The van der Waals surface area contributed by atoms with Crippen molar-refractivity contribution < 1.29 is 4.74 Å². The highest BCUT2D eigenvalue weighted by atomic mass is 16.5. The number of nitrogens with one attached hydrogen (secondary N) is 1. The summed E-state index contributed by atoms with van der Waals surface area (Å²) in [6, 6.07) is 6.42. The van der Waals surface area contributed by atoms with E-state index in [-0.39, 0.29) is 5.54 Å². The molecule has 1 heterocycles. The molecule has 0 amide bonds. The lowest BCUT2D eigenvalue weighted by molar-refractivity contribution is 0.221. The number of rotatable bonds is 3. The van der Waals surface area contributed by atoms with Gasteiger partial charge in [-0.05, 0) is 46.3 Å². The van der Waals surface area contributed by atoms with Gasteiger partial charge in [0, 0.05) is 24.2 Å². The minimum absolute atomic E-state index is 0.188. The number of benzene rings is 1. The zero-order chi connectivity index (χ0) is 13.9. The maximum Gasteiger partial charge on any atom is 0.123 e. The average Bonchev–Trinajstić information content (AvgIpc) is 2.50. The number of ether oxygens (including phenoxy) is 1. The summed E-state index contributed by atoms with van der Waals surface area (Å²) >= 11 is 0. The summed E-state index contributed by atoms with van der Waals surface area (Å²) in [4.78, 5) is 2.53. The van der Waals surface area contributed by atoms with Crippen molar-refractivity contribution in [2.75, 3.05) is 26.7 Å². The fraction of sp³-hybridized carbons (Fsp3) is 0.625. The van der Waals surface area contributed by atoms with Gasteiger partial charge in [-0.2, -0.15) is 0 Å². The van der Waals surface area contributed by atoms with Gasteiger partial charge in [-0.15, -0.1) is 0 Å². The molecular weight excluding hydrogens is 236 g/mol. The van der Waals surface area contributed by atoms with Crippen LogP contribution in [0.5, 0.6) is 5.75 Å². The highest BCUT2D eigenvalue weighted by molar-refractivity contribution is 5.36. The Morgan fingerprint density at radius 1 is 1.37 bits per heavy atom. The predicted octanol–water partition coefficient (Wildman–Crippen LogP) is 2.58. The fourth-order valence-electron chi connectivity index (χ4n) is 2.83. The molecule has 1 aliphatic heterocycles.